The SMILES string of the molecule is CC(=O)c1ccc(NC(=O)[C@@H](C)Sc2nnc(SCC(N)=O)s2)cc1. The number of benzene rings is 1. The molecule has 2 amide bonds. The standard InChI is InChI=1S/C15H16N4O3S3/c1-8(20)10-3-5-11(6-4-10)17-13(22)9(2)24-15-19-18-14(25-15)23-7-12(16)21/h3-6,9H,7H2,1-2H3,(H2,16,21)(H,17,22)/t9-/m1/s1. The lowest BCUT2D eigenvalue weighted by Gasteiger charge is -2.10. The number of rotatable bonds is 8. The summed E-state index contributed by atoms with van der Waals surface area (Å²) in [5, 5.41) is 10.4. The van der Waals surface area contributed by atoms with Crippen LogP contribution in [0.15, 0.2) is 32.9 Å². The van der Waals surface area contributed by atoms with Crippen LogP contribution in [-0.2, 0) is 9.59 Å². The molecule has 0 fully saturated rings. The number of carbonyl (C=O) groups excluding carboxylic acids is 3. The first kappa shape index (κ1) is 19.4. The number of nitrogens with zero attached hydrogens (tertiary/aromatic N) is 2. The van der Waals surface area contributed by atoms with Crippen LogP contribution in [0.4, 0.5) is 5.69 Å². The second-order valence-corrected chi connectivity index (χ2v) is 8.76. The average Bonchev–Trinajstić information content (AvgIpc) is 3.00. The second-order valence-electron chi connectivity index (χ2n) is 4.97. The normalized spacial score (nSPS) is 11.8. The Hall–Kier alpha value is -1.91. The van der Waals surface area contributed by atoms with Crippen LogP contribution in [0.3, 0.4) is 0 Å². The maximum atomic E-state index is 12.2. The van der Waals surface area contributed by atoms with E-state index < -0.39 is 5.91 Å². The summed E-state index contributed by atoms with van der Waals surface area (Å²) in [6, 6.07) is 6.72. The average molecular weight is 397 g/mol. The molecule has 1 aromatic heterocycles. The first-order valence-electron chi connectivity index (χ1n) is 7.18. The number of amides is 2. The van der Waals surface area contributed by atoms with Gasteiger partial charge in [0.05, 0.1) is 11.0 Å². The van der Waals surface area contributed by atoms with Crippen LogP contribution in [-0.4, -0.2) is 38.8 Å². The van der Waals surface area contributed by atoms with Crippen molar-refractivity contribution < 1.29 is 14.4 Å². The third-order valence-electron chi connectivity index (χ3n) is 2.93. The lowest BCUT2D eigenvalue weighted by Crippen LogP contribution is -2.22. The molecule has 7 nitrogen and oxygen atoms in total. The van der Waals surface area contributed by atoms with E-state index in [1.807, 2.05) is 0 Å². The summed E-state index contributed by atoms with van der Waals surface area (Å²) in [6.07, 6.45) is 0. The maximum Gasteiger partial charge on any atom is 0.237 e. The number of primary amides is 1. The Morgan fingerprint density at radius 2 is 1.84 bits per heavy atom. The summed E-state index contributed by atoms with van der Waals surface area (Å²) in [7, 11) is 0. The molecule has 2 aromatic rings. The van der Waals surface area contributed by atoms with Gasteiger partial charge in [0, 0.05) is 11.3 Å². The number of aromatic nitrogens is 2. The minimum Gasteiger partial charge on any atom is -0.369 e. The molecule has 0 aliphatic carbocycles. The predicted octanol–water partition coefficient (Wildman–Crippen LogP) is 2.44. The van der Waals surface area contributed by atoms with Gasteiger partial charge in [0.25, 0.3) is 0 Å². The molecule has 2 rings (SSSR count). The number of ketones is 1. The van der Waals surface area contributed by atoms with Gasteiger partial charge in [-0.2, -0.15) is 0 Å². The van der Waals surface area contributed by atoms with E-state index in [2.05, 4.69) is 15.5 Å². The van der Waals surface area contributed by atoms with Gasteiger partial charge < -0.3 is 11.1 Å². The van der Waals surface area contributed by atoms with Gasteiger partial charge in [-0.3, -0.25) is 14.4 Å². The van der Waals surface area contributed by atoms with E-state index in [4.69, 9.17) is 5.73 Å². The van der Waals surface area contributed by atoms with Gasteiger partial charge in [-0.25, -0.2) is 0 Å². The topological polar surface area (TPSA) is 115 Å². The number of nitrogens with one attached hydrogen (secondary N) is 1. The van der Waals surface area contributed by atoms with E-state index >= 15 is 0 Å². The third kappa shape index (κ3) is 6.15. The highest BCUT2D eigenvalue weighted by Gasteiger charge is 2.17. The lowest BCUT2D eigenvalue weighted by molar-refractivity contribution is -0.116. The molecule has 132 valence electrons. The lowest BCUT2D eigenvalue weighted by atomic mass is 10.1. The van der Waals surface area contributed by atoms with Gasteiger partial charge in [0.15, 0.2) is 14.5 Å². The van der Waals surface area contributed by atoms with Gasteiger partial charge in [-0.15, -0.1) is 10.2 Å². The molecule has 0 aliphatic rings. The van der Waals surface area contributed by atoms with Crippen molar-refractivity contribution >= 4 is 58.1 Å². The molecule has 3 N–H and O–H groups in total. The van der Waals surface area contributed by atoms with Crippen LogP contribution in [0.5, 0.6) is 0 Å². The number of Topliss-reactive ketones (excluding diaryl/α,β-unsaturated/α-hetero) is 1. The Kier molecular flexibility index (Phi) is 6.97. The first-order chi connectivity index (χ1) is 11.8. The minimum absolute atomic E-state index is 0.0249. The summed E-state index contributed by atoms with van der Waals surface area (Å²) in [5.41, 5.74) is 6.30. The molecule has 0 saturated carbocycles. The number of thioether (sulfide) groups is 2. The smallest absolute Gasteiger partial charge is 0.237 e. The molecule has 1 heterocycles. The second kappa shape index (κ2) is 8.97. The fraction of sp³-hybridized carbons (Fsp3) is 0.267. The summed E-state index contributed by atoms with van der Waals surface area (Å²) < 4.78 is 1.27. The van der Waals surface area contributed by atoms with Gasteiger partial charge in [-0.1, -0.05) is 34.9 Å². The van der Waals surface area contributed by atoms with Gasteiger partial charge in [-0.05, 0) is 38.1 Å². The van der Waals surface area contributed by atoms with Crippen molar-refractivity contribution in [2.24, 2.45) is 5.73 Å². The zero-order valence-corrected chi connectivity index (χ0v) is 16.0. The van der Waals surface area contributed by atoms with Crippen molar-refractivity contribution in [1.29, 1.82) is 0 Å². The number of hydrogen-bond acceptors (Lipinski definition) is 8. The minimum atomic E-state index is -0.419. The number of hydrogen-bond donors (Lipinski definition) is 2. The van der Waals surface area contributed by atoms with E-state index in [0.29, 0.717) is 19.9 Å². The third-order valence-corrected chi connectivity index (χ3v) is 6.19. The fourth-order valence-corrected chi connectivity index (χ4v) is 4.58. The van der Waals surface area contributed by atoms with E-state index in [9.17, 15) is 14.4 Å². The van der Waals surface area contributed by atoms with E-state index in [1.165, 1.54) is 41.8 Å². The fourth-order valence-electron chi connectivity index (χ4n) is 1.67. The summed E-state index contributed by atoms with van der Waals surface area (Å²) in [5.74, 6) is -0.478. The van der Waals surface area contributed by atoms with Crippen LogP contribution in [0, 0.1) is 0 Å². The van der Waals surface area contributed by atoms with Crippen molar-refractivity contribution in [3.63, 3.8) is 0 Å². The highest BCUT2D eigenvalue weighted by molar-refractivity contribution is 8.04. The summed E-state index contributed by atoms with van der Waals surface area (Å²) in [4.78, 5) is 34.3. The van der Waals surface area contributed by atoms with Crippen molar-refractivity contribution in [3.8, 4) is 0 Å². The van der Waals surface area contributed by atoms with E-state index in [-0.39, 0.29) is 22.7 Å². The molecule has 0 saturated heterocycles. The van der Waals surface area contributed by atoms with Crippen LogP contribution in [0.2, 0.25) is 0 Å². The number of anilines is 1. The van der Waals surface area contributed by atoms with Crippen molar-refractivity contribution in [1.82, 2.24) is 10.2 Å². The molecule has 0 bridgehead atoms. The maximum absolute atomic E-state index is 12.2. The quantitative estimate of drug-likeness (QED) is 0.520. The number of carbonyl (C=O) groups is 3. The van der Waals surface area contributed by atoms with Gasteiger partial charge >= 0.3 is 0 Å². The summed E-state index contributed by atoms with van der Waals surface area (Å²) in [6.45, 7) is 3.26. The first-order valence-corrected chi connectivity index (χ1v) is 9.86. The molecule has 0 spiro atoms. The molecule has 0 unspecified atom stereocenters. The molecular weight excluding hydrogens is 380 g/mol. The van der Waals surface area contributed by atoms with Crippen molar-refractivity contribution in [3.05, 3.63) is 29.8 Å². The van der Waals surface area contributed by atoms with Crippen LogP contribution in [0.1, 0.15) is 24.2 Å². The van der Waals surface area contributed by atoms with Crippen LogP contribution >= 0.6 is 34.9 Å². The molecule has 1 atom stereocenters. The van der Waals surface area contributed by atoms with E-state index in [0.717, 1.165) is 0 Å². The zero-order valence-electron chi connectivity index (χ0n) is 13.5. The Balaban J connectivity index is 1.89. The van der Waals surface area contributed by atoms with E-state index in [1.54, 1.807) is 31.2 Å². The molecule has 0 radical (unpaired) electrons. The Morgan fingerprint density at radius 1 is 1.20 bits per heavy atom. The molecule has 25 heavy (non-hydrogen) atoms. The van der Waals surface area contributed by atoms with Gasteiger partial charge in [0.2, 0.25) is 11.8 Å². The molecule has 10 heteroatoms. The van der Waals surface area contributed by atoms with Crippen LogP contribution < -0.4 is 11.1 Å². The Bertz CT molecular complexity index is 777. The number of nitrogens with two attached hydrogens (primary N) is 1. The molecule has 0 aliphatic heterocycles. The van der Waals surface area contributed by atoms with Crippen molar-refractivity contribution in [2.75, 3.05) is 11.1 Å². The summed E-state index contributed by atoms with van der Waals surface area (Å²) >= 11 is 3.81. The highest BCUT2D eigenvalue weighted by Crippen LogP contribution is 2.31. The monoisotopic (exact) mass is 396 g/mol. The van der Waals surface area contributed by atoms with Crippen LogP contribution in [0.25, 0.3) is 0 Å². The molecular formula is C15H16N4O3S3. The molecule has 1 aromatic carbocycles. The Morgan fingerprint density at radius 3 is 2.44 bits per heavy atom. The largest absolute Gasteiger partial charge is 0.369 e. The highest BCUT2D eigenvalue weighted by atomic mass is 32.2. The Labute approximate surface area is 157 Å². The van der Waals surface area contributed by atoms with Crippen molar-refractivity contribution in [2.45, 2.75) is 27.8 Å². The predicted molar refractivity (Wildman–Crippen MR) is 100 cm³/mol. The van der Waals surface area contributed by atoms with Gasteiger partial charge in [0.1, 0.15) is 0 Å². The zero-order chi connectivity index (χ0) is 18.4.